The number of carbonyl (C=O) groups is 4. The van der Waals surface area contributed by atoms with E-state index in [0.717, 1.165) is 95.4 Å². The fourth-order valence-corrected chi connectivity index (χ4v) is 11.8. The van der Waals surface area contributed by atoms with Crippen LogP contribution in [0.1, 0.15) is 85.2 Å². The third kappa shape index (κ3) is 9.56. The summed E-state index contributed by atoms with van der Waals surface area (Å²) in [6.45, 7) is 9.42. The van der Waals surface area contributed by atoms with Crippen LogP contribution in [0.15, 0.2) is 71.1 Å². The van der Waals surface area contributed by atoms with Crippen LogP contribution >= 0.6 is 11.6 Å². The van der Waals surface area contributed by atoms with Crippen molar-refractivity contribution in [2.75, 3.05) is 70.9 Å². The summed E-state index contributed by atoms with van der Waals surface area (Å²) in [6, 6.07) is 18.6. The summed E-state index contributed by atoms with van der Waals surface area (Å²) < 4.78 is 50.2. The Morgan fingerprint density at radius 3 is 2.35 bits per heavy atom. The first-order chi connectivity index (χ1) is 34.3. The van der Waals surface area contributed by atoms with Gasteiger partial charge < -0.3 is 34.7 Å². The number of ether oxygens (including phenoxy) is 2. The van der Waals surface area contributed by atoms with Gasteiger partial charge in [0.2, 0.25) is 23.6 Å². The molecular weight excluding hydrogens is 934 g/mol. The molecule has 4 fully saturated rings. The van der Waals surface area contributed by atoms with E-state index in [1.54, 1.807) is 6.07 Å². The summed E-state index contributed by atoms with van der Waals surface area (Å²) in [5.74, 6) is -1.98. The van der Waals surface area contributed by atoms with Crippen LogP contribution in [0.3, 0.4) is 0 Å². The topological polar surface area (TPSA) is 176 Å². The molecule has 1 saturated carbocycles. The number of hydrogen-bond donors (Lipinski definition) is 3. The number of nitrogens with one attached hydrogen (secondary N) is 2. The van der Waals surface area contributed by atoms with Crippen LogP contribution in [0.2, 0.25) is 5.02 Å². The number of piperazine rings is 1. The second-order valence-corrected chi connectivity index (χ2v) is 20.1. The predicted molar refractivity (Wildman–Crippen MR) is 263 cm³/mol. The van der Waals surface area contributed by atoms with Crippen molar-refractivity contribution in [3.63, 3.8) is 0 Å². The molecular formula is C53H59ClF2N8O7. The zero-order valence-electron chi connectivity index (χ0n) is 40.0. The van der Waals surface area contributed by atoms with Gasteiger partial charge in [-0.3, -0.25) is 29.5 Å². The molecule has 1 aliphatic carbocycles. The Hall–Kier alpha value is -6.14. The van der Waals surface area contributed by atoms with Crippen LogP contribution in [-0.2, 0) is 21.7 Å². The minimum absolute atomic E-state index is 0.00123. The second-order valence-electron chi connectivity index (χ2n) is 19.7. The smallest absolute Gasteiger partial charge is 0.328 e. The number of nitrogens with zero attached hydrogens (tertiary/aromatic N) is 5. The van der Waals surface area contributed by atoms with Gasteiger partial charge in [-0.05, 0) is 74.3 Å². The van der Waals surface area contributed by atoms with Gasteiger partial charge in [0.1, 0.15) is 17.1 Å². The highest BCUT2D eigenvalue weighted by Gasteiger charge is 2.50. The summed E-state index contributed by atoms with van der Waals surface area (Å²) in [5.41, 5.74) is 7.56. The van der Waals surface area contributed by atoms with Crippen LogP contribution in [0.4, 0.5) is 19.3 Å². The van der Waals surface area contributed by atoms with Crippen molar-refractivity contribution in [3.8, 4) is 22.6 Å². The number of imide groups is 1. The van der Waals surface area contributed by atoms with Crippen LogP contribution in [0.25, 0.3) is 22.2 Å². The number of nitrogens with two attached hydrogens (primary N) is 1. The quantitative estimate of drug-likeness (QED) is 0.106. The number of primary amides is 1. The number of fused-ring (bicyclic) bond motifs is 2. The lowest BCUT2D eigenvalue weighted by atomic mass is 9.77. The SMILES string of the molecule is COc1ccc(C(N)=O)c(-c2c(Cl)c(F)cc3c2[C@H](C)[C@@](CNC2CCC(C(=O)N4CCC(CN5CCN(Cc6nc7ccc(N8CCC(=O)NC8=O)cc7o6)CC5)CC4)CC2)(c2ccccc2)O3)c1F. The standard InChI is InChI=1S/C53H59ClF2N8O7/c1-31-45-42(27-38(55)48(54)47(45)46-37(50(57)66)13-15-40(69-2)49(46)56)71-53(31,34-6-4-3-5-7-34)30-58-35-10-8-33(9-11-35)51(67)63-19-16-32(17-20-63)28-61-22-24-62(25-23-61)29-44-59-39-14-12-36(26-41(39)70-44)64-21-18-43(65)60-52(64)68/h3-7,12-15,26-27,31-33,35,58H,8-11,16-25,28-30H2,1-2H3,(H2,57,66)(H,60,65,68)/t31-,33?,35?,53-/m0/s1. The predicted octanol–water partition coefficient (Wildman–Crippen LogP) is 7.58. The van der Waals surface area contributed by atoms with E-state index in [1.807, 2.05) is 49.4 Å². The number of amides is 5. The third-order valence-electron chi connectivity index (χ3n) is 15.5. The largest absolute Gasteiger partial charge is 0.494 e. The van der Waals surface area contributed by atoms with Crippen molar-refractivity contribution in [3.05, 3.63) is 106 Å². The number of benzene rings is 4. The number of hydrogen-bond acceptors (Lipinski definition) is 11. The summed E-state index contributed by atoms with van der Waals surface area (Å²) in [7, 11) is 1.30. The number of methoxy groups -OCH3 is 1. The molecule has 5 heterocycles. The Kier molecular flexibility index (Phi) is 13.8. The highest BCUT2D eigenvalue weighted by Crippen LogP contribution is 2.56. The number of aromatic nitrogens is 1. The molecule has 4 aliphatic heterocycles. The average Bonchev–Trinajstić information content (AvgIpc) is 3.91. The van der Waals surface area contributed by atoms with Gasteiger partial charge in [-0.15, -0.1) is 0 Å². The highest BCUT2D eigenvalue weighted by atomic mass is 35.5. The third-order valence-corrected chi connectivity index (χ3v) is 15.9. The molecule has 18 heteroatoms. The van der Waals surface area contributed by atoms with E-state index in [4.69, 9.17) is 36.2 Å². The zero-order valence-corrected chi connectivity index (χ0v) is 40.7. The van der Waals surface area contributed by atoms with Gasteiger partial charge >= 0.3 is 6.03 Å². The van der Waals surface area contributed by atoms with E-state index >= 15 is 8.78 Å². The number of likely N-dealkylation sites (tertiary alicyclic amines) is 1. The maximum atomic E-state index is 16.2. The summed E-state index contributed by atoms with van der Waals surface area (Å²) >= 11 is 6.70. The molecule has 0 unspecified atom stereocenters. The fourth-order valence-electron chi connectivity index (χ4n) is 11.5. The molecule has 4 N–H and O–H groups in total. The molecule has 2 atom stereocenters. The maximum absolute atomic E-state index is 16.2. The molecule has 0 radical (unpaired) electrons. The van der Waals surface area contributed by atoms with E-state index in [0.29, 0.717) is 48.3 Å². The number of urea groups is 1. The molecule has 5 amide bonds. The summed E-state index contributed by atoms with van der Waals surface area (Å²) in [4.78, 5) is 63.8. The zero-order chi connectivity index (χ0) is 49.6. The maximum Gasteiger partial charge on any atom is 0.328 e. The van der Waals surface area contributed by atoms with Gasteiger partial charge in [0.25, 0.3) is 0 Å². The van der Waals surface area contributed by atoms with Crippen LogP contribution in [0.5, 0.6) is 11.5 Å². The molecule has 5 aliphatic rings. The fraction of sp³-hybridized carbons (Fsp3) is 0.453. The number of carbonyl (C=O) groups excluding carboxylic acids is 4. The monoisotopic (exact) mass is 992 g/mol. The summed E-state index contributed by atoms with van der Waals surface area (Å²) in [6.07, 6.45) is 5.33. The van der Waals surface area contributed by atoms with Gasteiger partial charge in [0, 0.05) is 118 Å². The van der Waals surface area contributed by atoms with Gasteiger partial charge in [-0.25, -0.2) is 18.6 Å². The Morgan fingerprint density at radius 2 is 1.65 bits per heavy atom. The normalized spacial score (nSPS) is 23.4. The number of piperidine rings is 1. The van der Waals surface area contributed by atoms with Gasteiger partial charge in [-0.2, -0.15) is 0 Å². The van der Waals surface area contributed by atoms with Crippen molar-refractivity contribution >= 4 is 52.1 Å². The molecule has 10 rings (SSSR count). The Labute approximate surface area is 415 Å². The second kappa shape index (κ2) is 20.2. The number of halogens is 3. The molecule has 5 aromatic rings. The molecule has 3 saturated heterocycles. The Balaban J connectivity index is 0.709. The van der Waals surface area contributed by atoms with Crippen LogP contribution in [-0.4, -0.2) is 115 Å². The van der Waals surface area contributed by atoms with Crippen molar-refractivity contribution in [2.24, 2.45) is 17.6 Å². The molecule has 0 bridgehead atoms. The molecule has 0 spiro atoms. The van der Waals surface area contributed by atoms with E-state index in [2.05, 4.69) is 25.3 Å². The lowest BCUT2D eigenvalue weighted by Crippen LogP contribution is -2.50. The van der Waals surface area contributed by atoms with E-state index in [-0.39, 0.29) is 63.4 Å². The number of rotatable bonds is 13. The van der Waals surface area contributed by atoms with E-state index < -0.39 is 35.1 Å². The number of oxazole rings is 1. The molecule has 71 heavy (non-hydrogen) atoms. The van der Waals surface area contributed by atoms with Crippen molar-refractivity contribution in [1.29, 1.82) is 0 Å². The first kappa shape index (κ1) is 48.5. The van der Waals surface area contributed by atoms with Crippen LogP contribution < -0.4 is 30.7 Å². The lowest BCUT2D eigenvalue weighted by Gasteiger charge is -2.40. The lowest BCUT2D eigenvalue weighted by molar-refractivity contribution is -0.138. The first-order valence-electron chi connectivity index (χ1n) is 24.7. The molecule has 374 valence electrons. The minimum atomic E-state index is -1.07. The van der Waals surface area contributed by atoms with Gasteiger partial charge in [0.15, 0.2) is 22.8 Å². The Morgan fingerprint density at radius 1 is 0.915 bits per heavy atom. The average molecular weight is 994 g/mol. The summed E-state index contributed by atoms with van der Waals surface area (Å²) in [5, 5.41) is 5.76. The number of anilines is 1. The van der Waals surface area contributed by atoms with Crippen molar-refractivity contribution in [2.45, 2.75) is 76.0 Å². The van der Waals surface area contributed by atoms with E-state index in [9.17, 15) is 19.2 Å². The molecule has 1 aromatic heterocycles. The van der Waals surface area contributed by atoms with Gasteiger partial charge in [0.05, 0.1) is 24.2 Å². The minimum Gasteiger partial charge on any atom is -0.494 e. The van der Waals surface area contributed by atoms with Gasteiger partial charge in [-0.1, -0.05) is 48.9 Å². The molecule has 4 aromatic carbocycles. The van der Waals surface area contributed by atoms with E-state index in [1.165, 1.54) is 30.2 Å². The van der Waals surface area contributed by atoms with Crippen molar-refractivity contribution in [1.82, 2.24) is 30.3 Å². The molecule has 15 nitrogen and oxygen atoms in total. The Bertz CT molecular complexity index is 2840. The van der Waals surface area contributed by atoms with Crippen LogP contribution in [0, 0.1) is 23.5 Å². The highest BCUT2D eigenvalue weighted by molar-refractivity contribution is 6.34. The first-order valence-corrected chi connectivity index (χ1v) is 25.1. The van der Waals surface area contributed by atoms with Crippen molar-refractivity contribution < 1.29 is 41.8 Å².